The number of piperidine rings is 1. The predicted molar refractivity (Wildman–Crippen MR) is 153 cm³/mol. The minimum Gasteiger partial charge on any atom is -0.489 e. The number of carbonyl (C=O) groups is 3. The number of ether oxygens (including phenoxy) is 1. The molecule has 3 unspecified atom stereocenters. The van der Waals surface area contributed by atoms with Crippen LogP contribution in [0.5, 0.6) is 5.75 Å². The van der Waals surface area contributed by atoms with Crippen molar-refractivity contribution in [2.24, 2.45) is 23.7 Å². The van der Waals surface area contributed by atoms with Crippen molar-refractivity contribution in [3.8, 4) is 5.75 Å². The smallest absolute Gasteiger partial charge is 0.264 e. The van der Waals surface area contributed by atoms with Crippen LogP contribution in [0.4, 0.5) is 0 Å². The number of sulfonamides is 1. The van der Waals surface area contributed by atoms with Crippen molar-refractivity contribution in [3.63, 3.8) is 0 Å². The van der Waals surface area contributed by atoms with Crippen molar-refractivity contribution in [2.45, 2.75) is 56.1 Å². The van der Waals surface area contributed by atoms with Crippen LogP contribution in [-0.4, -0.2) is 49.7 Å². The van der Waals surface area contributed by atoms with Gasteiger partial charge in [-0.3, -0.25) is 14.4 Å². The van der Waals surface area contributed by atoms with Gasteiger partial charge in [0.15, 0.2) is 0 Å². The van der Waals surface area contributed by atoms with E-state index in [2.05, 4.69) is 16.6 Å². The first-order chi connectivity index (χ1) is 19.6. The van der Waals surface area contributed by atoms with E-state index in [1.54, 1.807) is 23.1 Å². The van der Waals surface area contributed by atoms with Crippen LogP contribution in [0, 0.1) is 23.7 Å². The molecule has 1 heterocycles. The molecule has 1 saturated heterocycles. The standard InChI is InChI=1S/C31H37N3O6S/c1-3-24-17-31(24,32-29(36)28-19-34(21(2)35)18-23-12-7-8-15-27(23)28)30(37)33-41(38,39)26-14-9-13-25(16-26)40-20-22-10-5-4-6-11-22/h3-6,9-11,13-14,16,23-24,27-28H,1,7-8,12,15,17-20H2,2H3,(H,32,36)(H,33,37)/t23?,24-,27?,28?,31-/m1/s1. The normalized spacial score (nSPS) is 27.2. The van der Waals surface area contributed by atoms with Gasteiger partial charge in [0.2, 0.25) is 11.8 Å². The van der Waals surface area contributed by atoms with Crippen LogP contribution in [0.2, 0.25) is 0 Å². The Bertz CT molecular complexity index is 1430. The van der Waals surface area contributed by atoms with Gasteiger partial charge in [0.05, 0.1) is 10.8 Å². The summed E-state index contributed by atoms with van der Waals surface area (Å²) in [5.41, 5.74) is -0.476. The van der Waals surface area contributed by atoms with Gasteiger partial charge in [-0.15, -0.1) is 6.58 Å². The number of nitrogens with one attached hydrogen (secondary N) is 2. The highest BCUT2D eigenvalue weighted by molar-refractivity contribution is 7.90. The SMILES string of the molecule is C=C[C@@H]1C[C@]1(NC(=O)C1CN(C(C)=O)CC2CCCCC21)C(=O)NS(=O)(=O)c1cccc(OCc2ccccc2)c1. The molecule has 5 rings (SSSR count). The maximum Gasteiger partial charge on any atom is 0.264 e. The van der Waals surface area contributed by atoms with Crippen molar-refractivity contribution in [2.75, 3.05) is 13.1 Å². The second-order valence-corrected chi connectivity index (χ2v) is 13.1. The topological polar surface area (TPSA) is 122 Å². The molecule has 0 radical (unpaired) electrons. The molecule has 0 spiro atoms. The van der Waals surface area contributed by atoms with Crippen LogP contribution in [0.1, 0.15) is 44.6 Å². The Morgan fingerprint density at radius 3 is 2.54 bits per heavy atom. The molecule has 218 valence electrons. The minimum absolute atomic E-state index is 0.0734. The van der Waals surface area contributed by atoms with E-state index in [9.17, 15) is 22.8 Å². The zero-order chi connectivity index (χ0) is 29.2. The lowest BCUT2D eigenvalue weighted by Gasteiger charge is -2.45. The van der Waals surface area contributed by atoms with Gasteiger partial charge in [-0.1, -0.05) is 55.3 Å². The number of amides is 3. The van der Waals surface area contributed by atoms with E-state index in [1.807, 2.05) is 30.3 Å². The fourth-order valence-electron chi connectivity index (χ4n) is 6.35. The highest BCUT2D eigenvalue weighted by Crippen LogP contribution is 2.46. The third kappa shape index (κ3) is 6.17. The van der Waals surface area contributed by atoms with E-state index in [4.69, 9.17) is 4.74 Å². The van der Waals surface area contributed by atoms with Crippen molar-refractivity contribution in [1.82, 2.24) is 14.9 Å². The molecule has 3 fully saturated rings. The predicted octanol–water partition coefficient (Wildman–Crippen LogP) is 3.42. The quantitative estimate of drug-likeness (QED) is 0.439. The molecule has 2 aromatic rings. The van der Waals surface area contributed by atoms with Gasteiger partial charge in [-0.05, 0) is 48.8 Å². The average Bonchev–Trinajstić information content (AvgIpc) is 3.70. The van der Waals surface area contributed by atoms with Gasteiger partial charge in [0.25, 0.3) is 15.9 Å². The first kappa shape index (κ1) is 28.9. The minimum atomic E-state index is -4.26. The molecular formula is C31H37N3O6S. The lowest BCUT2D eigenvalue weighted by molar-refractivity contribution is -0.141. The Balaban J connectivity index is 1.29. The maximum absolute atomic E-state index is 13.7. The van der Waals surface area contributed by atoms with Crippen LogP contribution in [-0.2, 0) is 31.0 Å². The summed E-state index contributed by atoms with van der Waals surface area (Å²) in [7, 11) is -4.26. The molecule has 2 N–H and O–H groups in total. The molecule has 9 nitrogen and oxygen atoms in total. The first-order valence-corrected chi connectivity index (χ1v) is 15.7. The van der Waals surface area contributed by atoms with E-state index < -0.39 is 33.3 Å². The zero-order valence-corrected chi connectivity index (χ0v) is 24.1. The number of hydrogen-bond acceptors (Lipinski definition) is 6. The lowest BCUT2D eigenvalue weighted by atomic mass is 9.69. The van der Waals surface area contributed by atoms with Crippen molar-refractivity contribution >= 4 is 27.7 Å². The molecule has 2 aromatic carbocycles. The van der Waals surface area contributed by atoms with Gasteiger partial charge in [-0.2, -0.15) is 0 Å². The number of rotatable bonds is 9. The summed E-state index contributed by atoms with van der Waals surface area (Å²) in [4.78, 5) is 41.0. The number of hydrogen-bond donors (Lipinski definition) is 2. The summed E-state index contributed by atoms with van der Waals surface area (Å²) in [5.74, 6) is -1.34. The highest BCUT2D eigenvalue weighted by Gasteiger charge is 2.61. The molecule has 41 heavy (non-hydrogen) atoms. The highest BCUT2D eigenvalue weighted by atomic mass is 32.2. The third-order valence-corrected chi connectivity index (χ3v) is 10.1. The second-order valence-electron chi connectivity index (χ2n) is 11.4. The fraction of sp³-hybridized carbons (Fsp3) is 0.452. The largest absolute Gasteiger partial charge is 0.489 e. The van der Waals surface area contributed by atoms with Gasteiger partial charge in [0.1, 0.15) is 17.9 Å². The Kier molecular flexibility index (Phi) is 8.22. The van der Waals surface area contributed by atoms with Crippen LogP contribution in [0.3, 0.4) is 0 Å². The molecule has 1 aliphatic heterocycles. The molecule has 10 heteroatoms. The Morgan fingerprint density at radius 1 is 1.07 bits per heavy atom. The molecule has 3 amide bonds. The Hall–Kier alpha value is -3.66. The van der Waals surface area contributed by atoms with E-state index in [0.29, 0.717) is 18.8 Å². The van der Waals surface area contributed by atoms with Crippen LogP contribution in [0.25, 0.3) is 0 Å². The molecule has 0 bridgehead atoms. The molecule has 5 atom stereocenters. The van der Waals surface area contributed by atoms with Crippen molar-refractivity contribution in [3.05, 3.63) is 72.8 Å². The average molecular weight is 580 g/mol. The van der Waals surface area contributed by atoms with Gasteiger partial charge in [-0.25, -0.2) is 13.1 Å². The fourth-order valence-corrected chi connectivity index (χ4v) is 7.42. The summed E-state index contributed by atoms with van der Waals surface area (Å²) in [6, 6.07) is 15.4. The van der Waals surface area contributed by atoms with Crippen LogP contribution >= 0.6 is 0 Å². The molecule has 2 saturated carbocycles. The van der Waals surface area contributed by atoms with Gasteiger partial charge in [0, 0.05) is 32.0 Å². The summed E-state index contributed by atoms with van der Waals surface area (Å²) >= 11 is 0. The van der Waals surface area contributed by atoms with E-state index in [0.717, 1.165) is 31.2 Å². The number of carbonyl (C=O) groups excluding carboxylic acids is 3. The Morgan fingerprint density at radius 2 is 1.83 bits per heavy atom. The van der Waals surface area contributed by atoms with Gasteiger partial charge >= 0.3 is 0 Å². The maximum atomic E-state index is 13.7. The number of likely N-dealkylation sites (tertiary alicyclic amines) is 1. The summed E-state index contributed by atoms with van der Waals surface area (Å²) in [6.45, 7) is 6.50. The van der Waals surface area contributed by atoms with E-state index in [-0.39, 0.29) is 41.6 Å². The van der Waals surface area contributed by atoms with Crippen LogP contribution in [0.15, 0.2) is 72.1 Å². The third-order valence-electron chi connectivity index (χ3n) is 8.78. The van der Waals surface area contributed by atoms with E-state index >= 15 is 0 Å². The molecule has 0 aromatic heterocycles. The molecule has 3 aliphatic rings. The van der Waals surface area contributed by atoms with Crippen LogP contribution < -0.4 is 14.8 Å². The summed E-state index contributed by atoms with van der Waals surface area (Å²) in [6.07, 6.45) is 5.78. The zero-order valence-electron chi connectivity index (χ0n) is 23.3. The summed E-state index contributed by atoms with van der Waals surface area (Å²) in [5, 5.41) is 2.90. The Labute approximate surface area is 241 Å². The first-order valence-electron chi connectivity index (χ1n) is 14.2. The number of nitrogens with zero attached hydrogens (tertiary/aromatic N) is 1. The monoisotopic (exact) mass is 579 g/mol. The number of benzene rings is 2. The van der Waals surface area contributed by atoms with Gasteiger partial charge < -0.3 is 15.0 Å². The van der Waals surface area contributed by atoms with Crippen molar-refractivity contribution < 1.29 is 27.5 Å². The van der Waals surface area contributed by atoms with E-state index in [1.165, 1.54) is 19.1 Å². The number of fused-ring (bicyclic) bond motifs is 1. The summed E-state index contributed by atoms with van der Waals surface area (Å²) < 4.78 is 34.5. The van der Waals surface area contributed by atoms with Crippen molar-refractivity contribution in [1.29, 1.82) is 0 Å². The molecular weight excluding hydrogens is 542 g/mol. The second kappa shape index (κ2) is 11.7. The lowest BCUT2D eigenvalue weighted by Crippen LogP contribution is -2.58. The molecule has 2 aliphatic carbocycles.